The van der Waals surface area contributed by atoms with Gasteiger partial charge in [-0.2, -0.15) is 0 Å². The molecular weight excluding hydrogens is 520 g/mol. The lowest BCUT2D eigenvalue weighted by molar-refractivity contribution is -0.0445. The Balaban J connectivity index is 1.30. The molecular formula is C22H22Cl2FN5O2S2. The molecule has 2 aliphatic rings. The van der Waals surface area contributed by atoms with Crippen molar-refractivity contribution in [1.82, 2.24) is 15.2 Å². The SMILES string of the molecule is O=S(=O)(Nc1cscn1)c1cc(Cl)c(NCc2c(Cl)cccc2CN2CC3(CNC3)C2)cc1F. The molecule has 5 rings (SSSR count). The lowest BCUT2D eigenvalue weighted by Gasteiger charge is -2.56. The van der Waals surface area contributed by atoms with Crippen LogP contribution in [0.15, 0.2) is 46.1 Å². The normalized spacial score (nSPS) is 17.3. The van der Waals surface area contributed by atoms with Crippen molar-refractivity contribution < 1.29 is 12.8 Å². The third kappa shape index (κ3) is 4.75. The summed E-state index contributed by atoms with van der Waals surface area (Å²) in [6.45, 7) is 5.35. The summed E-state index contributed by atoms with van der Waals surface area (Å²) in [6.07, 6.45) is 0. The van der Waals surface area contributed by atoms with Gasteiger partial charge in [0.25, 0.3) is 10.0 Å². The number of thiazole rings is 1. The van der Waals surface area contributed by atoms with Crippen molar-refractivity contribution in [3.63, 3.8) is 0 Å². The Morgan fingerprint density at radius 1 is 1.21 bits per heavy atom. The van der Waals surface area contributed by atoms with Crippen molar-refractivity contribution in [2.45, 2.75) is 18.0 Å². The minimum atomic E-state index is -4.17. The molecule has 12 heteroatoms. The van der Waals surface area contributed by atoms with E-state index in [4.69, 9.17) is 23.2 Å². The number of sulfonamides is 1. The molecule has 0 saturated carbocycles. The molecule has 7 nitrogen and oxygen atoms in total. The van der Waals surface area contributed by atoms with E-state index in [1.165, 1.54) is 22.2 Å². The van der Waals surface area contributed by atoms with Crippen LogP contribution in [0.1, 0.15) is 11.1 Å². The first-order chi connectivity index (χ1) is 16.2. The maximum absolute atomic E-state index is 14.8. The predicted octanol–water partition coefficient (Wildman–Crippen LogP) is 4.41. The molecule has 2 saturated heterocycles. The number of hydrogen-bond donors (Lipinski definition) is 3. The molecule has 0 unspecified atom stereocenters. The van der Waals surface area contributed by atoms with Gasteiger partial charge < -0.3 is 10.6 Å². The number of halogens is 3. The van der Waals surface area contributed by atoms with Crippen LogP contribution in [0, 0.1) is 11.2 Å². The Morgan fingerprint density at radius 3 is 2.68 bits per heavy atom. The van der Waals surface area contributed by atoms with Crippen LogP contribution < -0.4 is 15.4 Å². The van der Waals surface area contributed by atoms with Crippen LogP contribution in [0.3, 0.4) is 0 Å². The van der Waals surface area contributed by atoms with Crippen molar-refractivity contribution in [1.29, 1.82) is 0 Å². The summed E-state index contributed by atoms with van der Waals surface area (Å²) in [5.74, 6) is -0.801. The summed E-state index contributed by atoms with van der Waals surface area (Å²) in [4.78, 5) is 5.70. The molecule has 180 valence electrons. The van der Waals surface area contributed by atoms with Gasteiger partial charge in [0.15, 0.2) is 5.82 Å². The molecule has 34 heavy (non-hydrogen) atoms. The van der Waals surface area contributed by atoms with Crippen LogP contribution in [0.5, 0.6) is 0 Å². The van der Waals surface area contributed by atoms with Gasteiger partial charge in [0.2, 0.25) is 0 Å². The van der Waals surface area contributed by atoms with Gasteiger partial charge in [-0.1, -0.05) is 35.3 Å². The number of aromatic nitrogens is 1. The van der Waals surface area contributed by atoms with E-state index in [9.17, 15) is 12.8 Å². The maximum Gasteiger partial charge on any atom is 0.266 e. The number of anilines is 2. The van der Waals surface area contributed by atoms with E-state index in [0.29, 0.717) is 17.0 Å². The summed E-state index contributed by atoms with van der Waals surface area (Å²) < 4.78 is 42.2. The minimum absolute atomic E-state index is 0.0795. The Bertz CT molecular complexity index is 1310. The second-order valence-corrected chi connectivity index (χ2v) is 11.9. The molecule has 1 spiro atoms. The van der Waals surface area contributed by atoms with E-state index in [1.54, 1.807) is 0 Å². The zero-order chi connectivity index (χ0) is 23.9. The number of benzene rings is 2. The number of likely N-dealkylation sites (tertiary alicyclic amines) is 1. The van der Waals surface area contributed by atoms with Crippen LogP contribution in [0.25, 0.3) is 0 Å². The lowest BCUT2D eigenvalue weighted by Crippen LogP contribution is -2.70. The zero-order valence-electron chi connectivity index (χ0n) is 17.9. The molecule has 3 N–H and O–H groups in total. The third-order valence-electron chi connectivity index (χ3n) is 6.17. The van der Waals surface area contributed by atoms with E-state index < -0.39 is 20.7 Å². The van der Waals surface area contributed by atoms with Crippen molar-refractivity contribution in [2.24, 2.45) is 5.41 Å². The first-order valence-electron chi connectivity index (χ1n) is 10.6. The van der Waals surface area contributed by atoms with Crippen molar-refractivity contribution in [3.05, 3.63) is 68.2 Å². The highest BCUT2D eigenvalue weighted by atomic mass is 35.5. The topological polar surface area (TPSA) is 86.4 Å². The molecule has 3 heterocycles. The molecule has 3 aromatic rings. The Labute approximate surface area is 211 Å². The second kappa shape index (κ2) is 9.25. The second-order valence-electron chi connectivity index (χ2n) is 8.72. The molecule has 0 aliphatic carbocycles. The maximum atomic E-state index is 14.8. The van der Waals surface area contributed by atoms with E-state index in [0.717, 1.165) is 56.0 Å². The van der Waals surface area contributed by atoms with Gasteiger partial charge in [0, 0.05) is 55.1 Å². The van der Waals surface area contributed by atoms with Crippen LogP contribution in [-0.2, 0) is 23.1 Å². The largest absolute Gasteiger partial charge is 0.380 e. The summed E-state index contributed by atoms with van der Waals surface area (Å²) in [6, 6.07) is 7.94. The summed E-state index contributed by atoms with van der Waals surface area (Å²) in [7, 11) is -4.17. The predicted molar refractivity (Wildman–Crippen MR) is 134 cm³/mol. The molecule has 0 atom stereocenters. The fourth-order valence-corrected chi connectivity index (χ4v) is 6.62. The third-order valence-corrected chi connectivity index (χ3v) is 8.79. The number of nitrogens with one attached hydrogen (secondary N) is 3. The minimum Gasteiger partial charge on any atom is -0.380 e. The Morgan fingerprint density at radius 2 is 2.00 bits per heavy atom. The molecule has 2 aromatic carbocycles. The van der Waals surface area contributed by atoms with Gasteiger partial charge in [-0.15, -0.1) is 11.3 Å². The highest BCUT2D eigenvalue weighted by Gasteiger charge is 2.47. The highest BCUT2D eigenvalue weighted by molar-refractivity contribution is 7.92. The fraction of sp³-hybridized carbons (Fsp3) is 0.318. The summed E-state index contributed by atoms with van der Waals surface area (Å²) in [5.41, 5.74) is 4.17. The van der Waals surface area contributed by atoms with Gasteiger partial charge in [-0.3, -0.25) is 9.62 Å². The van der Waals surface area contributed by atoms with Gasteiger partial charge in [0.05, 0.1) is 16.2 Å². The molecule has 1 aromatic heterocycles. The van der Waals surface area contributed by atoms with Gasteiger partial charge in [0.1, 0.15) is 10.7 Å². The smallest absolute Gasteiger partial charge is 0.266 e. The van der Waals surface area contributed by atoms with E-state index in [1.807, 2.05) is 18.2 Å². The van der Waals surface area contributed by atoms with Crippen molar-refractivity contribution >= 4 is 56.1 Å². The molecule has 2 aliphatic heterocycles. The van der Waals surface area contributed by atoms with Gasteiger partial charge in [-0.25, -0.2) is 17.8 Å². The summed E-state index contributed by atoms with van der Waals surface area (Å²) in [5, 5.41) is 8.64. The average Bonchev–Trinajstić information content (AvgIpc) is 3.22. The lowest BCUT2D eigenvalue weighted by atomic mass is 9.74. The monoisotopic (exact) mass is 541 g/mol. The van der Waals surface area contributed by atoms with Crippen LogP contribution in [0.4, 0.5) is 15.9 Å². The van der Waals surface area contributed by atoms with Gasteiger partial charge >= 0.3 is 0 Å². The first-order valence-corrected chi connectivity index (χ1v) is 13.8. The number of rotatable bonds is 8. The molecule has 0 bridgehead atoms. The molecule has 0 amide bonds. The quantitative estimate of drug-likeness (QED) is 0.391. The van der Waals surface area contributed by atoms with Crippen LogP contribution in [0.2, 0.25) is 10.0 Å². The standard InChI is InChI=1S/C22H22Cl2FN5O2S2/c23-16-3-1-2-14(7-30-11-22(12-30)9-26-10-22)15(16)6-27-19-5-18(25)20(4-17(19)24)34(31,32)29-21-8-33-13-28-21/h1-5,8,13,26-27,29H,6-7,9-12H2. The van der Waals surface area contributed by atoms with Crippen LogP contribution >= 0.6 is 34.5 Å². The zero-order valence-corrected chi connectivity index (χ0v) is 21.1. The molecule has 2 fully saturated rings. The number of nitrogens with zero attached hydrogens (tertiary/aromatic N) is 2. The fourth-order valence-electron chi connectivity index (χ4n) is 4.42. The van der Waals surface area contributed by atoms with Gasteiger partial charge in [-0.05, 0) is 29.3 Å². The average molecular weight is 542 g/mol. The van der Waals surface area contributed by atoms with Crippen molar-refractivity contribution in [2.75, 3.05) is 36.2 Å². The Kier molecular flexibility index (Phi) is 6.47. The van der Waals surface area contributed by atoms with Crippen LogP contribution in [-0.4, -0.2) is 44.5 Å². The van der Waals surface area contributed by atoms with E-state index in [2.05, 4.69) is 25.2 Å². The van der Waals surface area contributed by atoms with Crippen molar-refractivity contribution in [3.8, 4) is 0 Å². The van der Waals surface area contributed by atoms with E-state index in [-0.39, 0.29) is 16.5 Å². The highest BCUT2D eigenvalue weighted by Crippen LogP contribution is 2.36. The van der Waals surface area contributed by atoms with E-state index >= 15 is 0 Å². The first kappa shape index (κ1) is 23.8. The Hall–Kier alpha value is -1.95. The molecule has 0 radical (unpaired) electrons. The number of hydrogen-bond acceptors (Lipinski definition) is 7. The summed E-state index contributed by atoms with van der Waals surface area (Å²) >= 11 is 14.0.